The lowest BCUT2D eigenvalue weighted by atomic mass is 9.86. The van der Waals surface area contributed by atoms with Gasteiger partial charge < -0.3 is 25.0 Å². The first kappa shape index (κ1) is 30.0. The molecule has 0 spiro atoms. The molecular formula is C29H36N12O4. The zero-order chi connectivity index (χ0) is 31.4. The number of carbonyl (C=O) groups is 2. The fourth-order valence-corrected chi connectivity index (χ4v) is 5.97. The average Bonchev–Trinajstić information content (AvgIpc) is 3.75. The average molecular weight is 617 g/mol. The number of pyridine rings is 1. The number of nitrogens with zero attached hydrogens (tertiary/aromatic N) is 11. The van der Waals surface area contributed by atoms with E-state index in [2.05, 4.69) is 43.4 Å². The van der Waals surface area contributed by atoms with Gasteiger partial charge in [0, 0.05) is 57.9 Å². The van der Waals surface area contributed by atoms with Crippen LogP contribution in [0.15, 0.2) is 43.1 Å². The number of fused-ring (bicyclic) bond motifs is 1. The molecule has 16 heteroatoms. The second kappa shape index (κ2) is 12.9. The summed E-state index contributed by atoms with van der Waals surface area (Å²) in [5, 5.41) is 33.2. The molecule has 0 aromatic carbocycles. The molecule has 3 saturated heterocycles. The molecule has 0 aliphatic carbocycles. The number of amides is 1. The van der Waals surface area contributed by atoms with Crippen molar-refractivity contribution in [3.63, 3.8) is 0 Å². The summed E-state index contributed by atoms with van der Waals surface area (Å²) >= 11 is 0. The molecule has 3 aliphatic heterocycles. The van der Waals surface area contributed by atoms with Crippen molar-refractivity contribution >= 4 is 35.3 Å². The molecule has 1 amide bonds. The number of ether oxygens (including phenoxy) is 1. The molecule has 4 aromatic rings. The minimum atomic E-state index is -0.360. The van der Waals surface area contributed by atoms with Crippen molar-refractivity contribution < 1.29 is 19.4 Å². The second-order valence-corrected chi connectivity index (χ2v) is 11.4. The Morgan fingerprint density at radius 2 is 1.98 bits per heavy atom. The molecular weight excluding hydrogens is 580 g/mol. The van der Waals surface area contributed by atoms with Gasteiger partial charge in [-0.2, -0.15) is 20.4 Å². The highest BCUT2D eigenvalue weighted by molar-refractivity contribution is 5.76. The third kappa shape index (κ3) is 6.17. The molecule has 236 valence electrons. The first-order valence-electron chi connectivity index (χ1n) is 14.9. The van der Waals surface area contributed by atoms with E-state index in [-0.39, 0.29) is 24.5 Å². The molecule has 4 aromatic heterocycles. The minimum Gasteiger partial charge on any atom is -0.483 e. The van der Waals surface area contributed by atoms with E-state index in [0.29, 0.717) is 37.2 Å². The predicted octanol–water partition coefficient (Wildman–Crippen LogP) is 0.801. The number of rotatable bonds is 9. The Labute approximate surface area is 259 Å². The number of nitrogens with one attached hydrogen (secondary N) is 1. The highest BCUT2D eigenvalue weighted by Gasteiger charge is 2.46. The van der Waals surface area contributed by atoms with E-state index < -0.39 is 0 Å². The number of carbonyl (C=O) groups excluding carboxylic acids is 1. The lowest BCUT2D eigenvalue weighted by molar-refractivity contribution is -0.136. The summed E-state index contributed by atoms with van der Waals surface area (Å²) in [6.07, 6.45) is 10.6. The van der Waals surface area contributed by atoms with Gasteiger partial charge >= 0.3 is 0 Å². The molecule has 0 bridgehead atoms. The van der Waals surface area contributed by atoms with Crippen molar-refractivity contribution in [3.8, 4) is 6.07 Å². The minimum absolute atomic E-state index is 0.0627. The third-order valence-corrected chi connectivity index (χ3v) is 8.58. The highest BCUT2D eigenvalue weighted by Crippen LogP contribution is 2.37. The van der Waals surface area contributed by atoms with Crippen molar-refractivity contribution in [3.05, 3.63) is 48.7 Å². The van der Waals surface area contributed by atoms with Gasteiger partial charge in [0.2, 0.25) is 11.9 Å². The van der Waals surface area contributed by atoms with Gasteiger partial charge in [-0.1, -0.05) is 6.92 Å². The molecule has 7 rings (SSSR count). The van der Waals surface area contributed by atoms with Crippen molar-refractivity contribution in [2.45, 2.75) is 37.9 Å². The van der Waals surface area contributed by atoms with Crippen molar-refractivity contribution in [2.24, 2.45) is 0 Å². The molecule has 2 N–H and O–H groups in total. The van der Waals surface area contributed by atoms with Crippen LogP contribution in [0.25, 0.3) is 5.65 Å². The van der Waals surface area contributed by atoms with Gasteiger partial charge in [0.25, 0.3) is 6.47 Å². The molecule has 45 heavy (non-hydrogen) atoms. The molecule has 3 aliphatic rings. The van der Waals surface area contributed by atoms with Crippen molar-refractivity contribution in [1.29, 1.82) is 5.26 Å². The van der Waals surface area contributed by atoms with E-state index in [4.69, 9.17) is 19.6 Å². The standard InChI is InChI=1S/C28H34N12O2.CH2O2/c1-2-21-12-31-40(14-21)28(5-6-29)19-37(20-28)24-4-3-7-39-26(24)33-27(34-39)32-22-13-30-38(15-22)16-25(41)36-10-8-35(9-11-36)23-17-42-18-23;2-1-3/h3-4,7,12-15,23H,2,5,8-11,16-20H2,1H3,(H,32,34);1H,(H,2,3). The summed E-state index contributed by atoms with van der Waals surface area (Å²) < 4.78 is 10.6. The fraction of sp³-hybridized carbons (Fsp3) is 0.483. The normalized spacial score (nSPS) is 18.0. The summed E-state index contributed by atoms with van der Waals surface area (Å²) in [7, 11) is 0. The molecule has 0 unspecified atom stereocenters. The van der Waals surface area contributed by atoms with Crippen LogP contribution >= 0.6 is 0 Å². The summed E-state index contributed by atoms with van der Waals surface area (Å²) in [6, 6.07) is 6.82. The maximum Gasteiger partial charge on any atom is 0.290 e. The van der Waals surface area contributed by atoms with Crippen LogP contribution in [0.2, 0.25) is 0 Å². The number of aromatic nitrogens is 7. The number of aryl methyl sites for hydroxylation is 1. The largest absolute Gasteiger partial charge is 0.483 e. The van der Waals surface area contributed by atoms with Crippen LogP contribution in [-0.4, -0.2) is 120 Å². The second-order valence-electron chi connectivity index (χ2n) is 11.4. The number of anilines is 3. The monoisotopic (exact) mass is 616 g/mol. The van der Waals surface area contributed by atoms with Gasteiger partial charge in [0.05, 0.1) is 55.5 Å². The summed E-state index contributed by atoms with van der Waals surface area (Å²) in [5.74, 6) is 0.501. The van der Waals surface area contributed by atoms with Gasteiger partial charge in [-0.25, -0.2) is 4.52 Å². The smallest absolute Gasteiger partial charge is 0.290 e. The predicted molar refractivity (Wildman–Crippen MR) is 162 cm³/mol. The van der Waals surface area contributed by atoms with Gasteiger partial charge in [-0.3, -0.25) is 23.9 Å². The van der Waals surface area contributed by atoms with E-state index in [0.717, 1.165) is 62.7 Å². The summed E-state index contributed by atoms with van der Waals surface area (Å²) in [6.45, 7) is 8.17. The lowest BCUT2D eigenvalue weighted by Crippen LogP contribution is -2.63. The number of hydrogen-bond donors (Lipinski definition) is 2. The maximum absolute atomic E-state index is 12.9. The maximum atomic E-state index is 12.9. The molecule has 0 atom stereocenters. The Hall–Kier alpha value is -5.01. The topological polar surface area (TPSA) is 175 Å². The Bertz CT molecular complexity index is 1670. The van der Waals surface area contributed by atoms with E-state index >= 15 is 0 Å². The lowest BCUT2D eigenvalue weighted by Gasteiger charge is -2.50. The number of carboxylic acid groups (broad SMARTS) is 1. The van der Waals surface area contributed by atoms with E-state index in [1.165, 1.54) is 0 Å². The molecule has 7 heterocycles. The Balaban J connectivity index is 0.00000115. The summed E-state index contributed by atoms with van der Waals surface area (Å²) in [5.41, 5.74) is 3.17. The van der Waals surface area contributed by atoms with Crippen LogP contribution in [0.1, 0.15) is 18.9 Å². The van der Waals surface area contributed by atoms with Crippen molar-refractivity contribution in [2.75, 3.05) is 62.7 Å². The zero-order valence-corrected chi connectivity index (χ0v) is 25.1. The quantitative estimate of drug-likeness (QED) is 0.254. The Kier molecular flexibility index (Phi) is 8.62. The number of nitriles is 1. The highest BCUT2D eigenvalue weighted by atomic mass is 16.5. The number of hydrogen-bond acceptors (Lipinski definition) is 11. The van der Waals surface area contributed by atoms with Gasteiger partial charge in [-0.15, -0.1) is 5.10 Å². The van der Waals surface area contributed by atoms with Gasteiger partial charge in [0.1, 0.15) is 12.1 Å². The zero-order valence-electron chi connectivity index (χ0n) is 25.1. The third-order valence-electron chi connectivity index (χ3n) is 8.58. The molecule has 0 saturated carbocycles. The van der Waals surface area contributed by atoms with Crippen LogP contribution in [0.3, 0.4) is 0 Å². The van der Waals surface area contributed by atoms with Crippen LogP contribution < -0.4 is 10.2 Å². The van der Waals surface area contributed by atoms with Crippen LogP contribution in [0, 0.1) is 11.3 Å². The van der Waals surface area contributed by atoms with E-state index in [1.807, 2.05) is 40.3 Å². The summed E-state index contributed by atoms with van der Waals surface area (Å²) in [4.78, 5) is 32.5. The van der Waals surface area contributed by atoms with Crippen LogP contribution in [0.4, 0.5) is 17.3 Å². The first-order valence-corrected chi connectivity index (χ1v) is 14.9. The Morgan fingerprint density at radius 1 is 1.20 bits per heavy atom. The first-order chi connectivity index (χ1) is 21.9. The molecule has 16 nitrogen and oxygen atoms in total. The van der Waals surface area contributed by atoms with E-state index in [1.54, 1.807) is 21.6 Å². The van der Waals surface area contributed by atoms with E-state index in [9.17, 15) is 10.1 Å². The Morgan fingerprint density at radius 3 is 2.64 bits per heavy atom. The SMILES string of the molecule is CCc1cnn(C2(CC#N)CN(c3cccn4nc(Nc5cnn(CC(=O)N6CCN(C7COC7)CC6)c5)nc34)C2)c1.O=CO. The number of piperazine rings is 1. The van der Waals surface area contributed by atoms with Crippen LogP contribution in [-0.2, 0) is 32.8 Å². The van der Waals surface area contributed by atoms with Gasteiger partial charge in [0.15, 0.2) is 5.65 Å². The van der Waals surface area contributed by atoms with Gasteiger partial charge in [-0.05, 0) is 24.1 Å². The molecule has 3 fully saturated rings. The molecule has 0 radical (unpaired) electrons. The van der Waals surface area contributed by atoms with Crippen LogP contribution in [0.5, 0.6) is 0 Å². The van der Waals surface area contributed by atoms with Crippen molar-refractivity contribution in [1.82, 2.24) is 44.0 Å². The fourth-order valence-electron chi connectivity index (χ4n) is 5.97.